The highest BCUT2D eigenvalue weighted by Gasteiger charge is 2.29. The highest BCUT2D eigenvalue weighted by atomic mass is 16.4. The van der Waals surface area contributed by atoms with Gasteiger partial charge in [0.1, 0.15) is 0 Å². The molecule has 1 saturated carbocycles. The molecule has 0 aromatic heterocycles. The topological polar surface area (TPSA) is 92.4 Å². The van der Waals surface area contributed by atoms with Crippen molar-refractivity contribution in [2.75, 3.05) is 6.54 Å². The summed E-state index contributed by atoms with van der Waals surface area (Å²) in [6.07, 6.45) is 3.41. The van der Waals surface area contributed by atoms with Crippen LogP contribution in [0.2, 0.25) is 0 Å². The molecule has 5 heteroatoms. The standard InChI is InChI=1S/C12H22N2O3/c1-8(2-5-12(16)17)7-14-11(15)6-10(13)9-3-4-9/h8-10H,2-7,13H2,1H3,(H,14,15)(H,16,17). The summed E-state index contributed by atoms with van der Waals surface area (Å²) in [4.78, 5) is 21.9. The Bertz CT molecular complexity index is 277. The number of aliphatic carboxylic acids is 1. The molecule has 0 spiro atoms. The summed E-state index contributed by atoms with van der Waals surface area (Å²) in [5.74, 6) is -0.0945. The van der Waals surface area contributed by atoms with Crippen molar-refractivity contribution >= 4 is 11.9 Å². The van der Waals surface area contributed by atoms with Crippen LogP contribution >= 0.6 is 0 Å². The smallest absolute Gasteiger partial charge is 0.303 e. The average Bonchev–Trinajstić information content (AvgIpc) is 3.07. The average molecular weight is 242 g/mol. The molecule has 0 saturated heterocycles. The minimum absolute atomic E-state index is 0.00988. The van der Waals surface area contributed by atoms with Gasteiger partial charge < -0.3 is 16.2 Å². The summed E-state index contributed by atoms with van der Waals surface area (Å²) in [5.41, 5.74) is 5.85. The van der Waals surface area contributed by atoms with E-state index in [1.165, 1.54) is 0 Å². The number of hydrogen-bond acceptors (Lipinski definition) is 3. The fourth-order valence-corrected chi connectivity index (χ4v) is 1.74. The van der Waals surface area contributed by atoms with Gasteiger partial charge in [0.05, 0.1) is 0 Å². The highest BCUT2D eigenvalue weighted by Crippen LogP contribution is 2.32. The largest absolute Gasteiger partial charge is 0.481 e. The molecule has 0 bridgehead atoms. The van der Waals surface area contributed by atoms with Crippen LogP contribution < -0.4 is 11.1 Å². The predicted octanol–water partition coefficient (Wildman–Crippen LogP) is 0.731. The third kappa shape index (κ3) is 6.26. The van der Waals surface area contributed by atoms with Gasteiger partial charge in [-0.2, -0.15) is 0 Å². The van der Waals surface area contributed by atoms with Crippen LogP contribution in [0, 0.1) is 11.8 Å². The first-order valence-corrected chi connectivity index (χ1v) is 6.23. The normalized spacial score (nSPS) is 18.5. The number of amides is 1. The first-order chi connectivity index (χ1) is 7.99. The molecular weight excluding hydrogens is 220 g/mol. The fraction of sp³-hybridized carbons (Fsp3) is 0.833. The molecule has 1 rings (SSSR count). The third-order valence-corrected chi connectivity index (χ3v) is 3.15. The van der Waals surface area contributed by atoms with Gasteiger partial charge in [0.25, 0.3) is 0 Å². The number of nitrogens with one attached hydrogen (secondary N) is 1. The van der Waals surface area contributed by atoms with Crippen molar-refractivity contribution in [1.29, 1.82) is 0 Å². The number of hydrogen-bond donors (Lipinski definition) is 3. The number of carbonyl (C=O) groups is 2. The Morgan fingerprint density at radius 3 is 2.65 bits per heavy atom. The van der Waals surface area contributed by atoms with Crippen LogP contribution in [0.3, 0.4) is 0 Å². The van der Waals surface area contributed by atoms with E-state index in [0.29, 0.717) is 25.3 Å². The Kier molecular flexibility index (Phi) is 5.41. The summed E-state index contributed by atoms with van der Waals surface area (Å²) in [6, 6.07) is -0.00988. The lowest BCUT2D eigenvalue weighted by Gasteiger charge is -2.13. The van der Waals surface area contributed by atoms with Gasteiger partial charge >= 0.3 is 5.97 Å². The summed E-state index contributed by atoms with van der Waals surface area (Å²) >= 11 is 0. The van der Waals surface area contributed by atoms with Crippen LogP contribution in [0.1, 0.15) is 39.0 Å². The number of nitrogens with two attached hydrogens (primary N) is 1. The molecule has 4 N–H and O–H groups in total. The van der Waals surface area contributed by atoms with Gasteiger partial charge in [-0.1, -0.05) is 6.92 Å². The molecule has 1 amide bonds. The van der Waals surface area contributed by atoms with Crippen LogP contribution in [0.15, 0.2) is 0 Å². The first-order valence-electron chi connectivity index (χ1n) is 6.23. The number of carboxylic acid groups (broad SMARTS) is 1. The summed E-state index contributed by atoms with van der Waals surface area (Å²) in [7, 11) is 0. The zero-order valence-electron chi connectivity index (χ0n) is 10.3. The van der Waals surface area contributed by atoms with Crippen LogP contribution in [0.25, 0.3) is 0 Å². The van der Waals surface area contributed by atoms with Crippen molar-refractivity contribution in [1.82, 2.24) is 5.32 Å². The first kappa shape index (κ1) is 14.0. The molecule has 17 heavy (non-hydrogen) atoms. The Labute approximate surface area is 102 Å². The summed E-state index contributed by atoms with van der Waals surface area (Å²) in [5, 5.41) is 11.3. The zero-order valence-corrected chi connectivity index (χ0v) is 10.3. The van der Waals surface area contributed by atoms with E-state index in [9.17, 15) is 9.59 Å². The molecule has 0 heterocycles. The van der Waals surface area contributed by atoms with Gasteiger partial charge in [-0.3, -0.25) is 9.59 Å². The van der Waals surface area contributed by atoms with Gasteiger partial charge in [-0.25, -0.2) is 0 Å². The van der Waals surface area contributed by atoms with Gasteiger partial charge in [-0.15, -0.1) is 0 Å². The lowest BCUT2D eigenvalue weighted by Crippen LogP contribution is -2.35. The van der Waals surface area contributed by atoms with E-state index in [0.717, 1.165) is 12.8 Å². The lowest BCUT2D eigenvalue weighted by atomic mass is 10.1. The molecule has 98 valence electrons. The molecule has 0 aliphatic heterocycles. The molecule has 1 aliphatic rings. The van der Waals surface area contributed by atoms with E-state index in [1.807, 2.05) is 6.92 Å². The van der Waals surface area contributed by atoms with Crippen LogP contribution in [0.4, 0.5) is 0 Å². The molecule has 0 aromatic rings. The quantitative estimate of drug-likeness (QED) is 0.585. The lowest BCUT2D eigenvalue weighted by molar-refractivity contribution is -0.137. The monoisotopic (exact) mass is 242 g/mol. The minimum Gasteiger partial charge on any atom is -0.481 e. The summed E-state index contributed by atoms with van der Waals surface area (Å²) in [6.45, 7) is 2.47. The predicted molar refractivity (Wildman–Crippen MR) is 64.4 cm³/mol. The van der Waals surface area contributed by atoms with E-state index in [4.69, 9.17) is 10.8 Å². The molecule has 5 nitrogen and oxygen atoms in total. The van der Waals surface area contributed by atoms with Crippen molar-refractivity contribution in [3.05, 3.63) is 0 Å². The molecule has 1 fully saturated rings. The van der Waals surface area contributed by atoms with E-state index < -0.39 is 5.97 Å². The van der Waals surface area contributed by atoms with Crippen molar-refractivity contribution in [3.8, 4) is 0 Å². The van der Waals surface area contributed by atoms with Crippen molar-refractivity contribution in [2.24, 2.45) is 17.6 Å². The number of rotatable bonds is 8. The Morgan fingerprint density at radius 1 is 1.47 bits per heavy atom. The molecule has 0 aromatic carbocycles. The fourth-order valence-electron chi connectivity index (χ4n) is 1.74. The second-order valence-electron chi connectivity index (χ2n) is 5.05. The van der Waals surface area contributed by atoms with Crippen molar-refractivity contribution in [3.63, 3.8) is 0 Å². The Balaban J connectivity index is 2.07. The molecule has 1 aliphatic carbocycles. The van der Waals surface area contributed by atoms with E-state index >= 15 is 0 Å². The maximum atomic E-state index is 11.5. The molecule has 2 atom stereocenters. The summed E-state index contributed by atoms with van der Waals surface area (Å²) < 4.78 is 0. The van der Waals surface area contributed by atoms with Crippen molar-refractivity contribution in [2.45, 2.75) is 45.1 Å². The van der Waals surface area contributed by atoms with Crippen LogP contribution in [-0.4, -0.2) is 29.6 Å². The van der Waals surface area contributed by atoms with E-state index in [2.05, 4.69) is 5.32 Å². The minimum atomic E-state index is -0.793. The molecular formula is C12H22N2O3. The van der Waals surface area contributed by atoms with Gasteiger partial charge in [0.15, 0.2) is 0 Å². The van der Waals surface area contributed by atoms with E-state index in [1.54, 1.807) is 0 Å². The highest BCUT2D eigenvalue weighted by molar-refractivity contribution is 5.76. The number of carboxylic acids is 1. The van der Waals surface area contributed by atoms with E-state index in [-0.39, 0.29) is 24.3 Å². The Morgan fingerprint density at radius 2 is 2.12 bits per heavy atom. The zero-order chi connectivity index (χ0) is 12.8. The van der Waals surface area contributed by atoms with Gasteiger partial charge in [0, 0.05) is 25.4 Å². The maximum Gasteiger partial charge on any atom is 0.303 e. The SMILES string of the molecule is CC(CCC(=O)O)CNC(=O)CC(N)C1CC1. The van der Waals surface area contributed by atoms with Gasteiger partial charge in [-0.05, 0) is 31.1 Å². The second-order valence-corrected chi connectivity index (χ2v) is 5.05. The maximum absolute atomic E-state index is 11.5. The van der Waals surface area contributed by atoms with Gasteiger partial charge in [0.2, 0.25) is 5.91 Å². The Hall–Kier alpha value is -1.10. The van der Waals surface area contributed by atoms with Crippen molar-refractivity contribution < 1.29 is 14.7 Å². The van der Waals surface area contributed by atoms with Crippen LogP contribution in [-0.2, 0) is 9.59 Å². The second kappa shape index (κ2) is 6.59. The molecule has 0 radical (unpaired) electrons. The molecule has 2 unspecified atom stereocenters. The third-order valence-electron chi connectivity index (χ3n) is 3.15. The van der Waals surface area contributed by atoms with Crippen LogP contribution in [0.5, 0.6) is 0 Å². The number of carbonyl (C=O) groups excluding carboxylic acids is 1.